The van der Waals surface area contributed by atoms with Crippen molar-refractivity contribution in [2.45, 2.75) is 0 Å². The molecule has 1 radical (unpaired) electrons. The van der Waals surface area contributed by atoms with Gasteiger partial charge in [-0.3, -0.25) is 0 Å². The molecule has 0 saturated carbocycles. The Morgan fingerprint density at radius 2 is 2.19 bits per heavy atom. The average molecular weight is 213 g/mol. The van der Waals surface area contributed by atoms with Crippen LogP contribution < -0.4 is 11.5 Å². The van der Waals surface area contributed by atoms with Gasteiger partial charge in [0.15, 0.2) is 5.95 Å². The summed E-state index contributed by atoms with van der Waals surface area (Å²) in [6.07, 6.45) is 1.53. The largest absolute Gasteiger partial charge is 0.383 e. The van der Waals surface area contributed by atoms with Gasteiger partial charge in [0.05, 0.1) is 22.9 Å². The molecule has 79 valence electrons. The number of H-pyrrole nitrogens is 1. The van der Waals surface area contributed by atoms with Gasteiger partial charge in [0, 0.05) is 6.07 Å². The van der Waals surface area contributed by atoms with Crippen LogP contribution in [0.2, 0.25) is 0 Å². The molecule has 5 N–H and O–H groups in total. The molecule has 1 aromatic carbocycles. The summed E-state index contributed by atoms with van der Waals surface area (Å²) in [4.78, 5) is 7.09. The minimum absolute atomic E-state index is 0.396. The topological polar surface area (TPSA) is 98.5 Å². The Balaban J connectivity index is 2.22. The van der Waals surface area contributed by atoms with Crippen LogP contribution in [0.5, 0.6) is 0 Å². The Kier molecular flexibility index (Phi) is 1.64. The van der Waals surface area contributed by atoms with Gasteiger partial charge in [0.1, 0.15) is 5.82 Å². The maximum Gasteiger partial charge on any atom is 0.198 e. The number of hydrogen-bond acceptors (Lipinski definition) is 4. The number of aromatic nitrogens is 4. The molecule has 0 saturated heterocycles. The minimum atomic E-state index is 0.396. The Morgan fingerprint density at radius 1 is 1.31 bits per heavy atom. The quantitative estimate of drug-likeness (QED) is 0.554. The zero-order chi connectivity index (χ0) is 11.1. The van der Waals surface area contributed by atoms with E-state index in [-0.39, 0.29) is 0 Å². The monoisotopic (exact) mass is 213 g/mol. The number of nitrogens with two attached hydrogens (primary N) is 2. The van der Waals surface area contributed by atoms with E-state index in [0.29, 0.717) is 11.8 Å². The lowest BCUT2D eigenvalue weighted by Gasteiger charge is -2.02. The van der Waals surface area contributed by atoms with Crippen molar-refractivity contribution in [3.63, 3.8) is 0 Å². The Labute approximate surface area is 90.9 Å². The van der Waals surface area contributed by atoms with E-state index in [1.54, 1.807) is 4.68 Å². The number of anilines is 2. The molecule has 0 bridgehead atoms. The standard InChI is InChI=1S/C10H9N6/c11-9-3-4-13-16(9)6-1-2-7-8(5-6)15-10(12)14-7/h1-2,4-5H,11H2,(H3,12,14,15). The normalized spacial score (nSPS) is 11.0. The van der Waals surface area contributed by atoms with Crippen molar-refractivity contribution in [1.29, 1.82) is 0 Å². The smallest absolute Gasteiger partial charge is 0.198 e. The molecule has 0 aliphatic carbocycles. The van der Waals surface area contributed by atoms with Gasteiger partial charge < -0.3 is 16.5 Å². The first-order chi connectivity index (χ1) is 7.74. The highest BCUT2D eigenvalue weighted by Crippen LogP contribution is 2.18. The number of nitrogen functional groups attached to an aromatic ring is 2. The van der Waals surface area contributed by atoms with E-state index in [0.717, 1.165) is 16.7 Å². The molecule has 3 aromatic rings. The second kappa shape index (κ2) is 2.99. The van der Waals surface area contributed by atoms with Crippen molar-refractivity contribution in [2.24, 2.45) is 0 Å². The second-order valence-corrected chi connectivity index (χ2v) is 3.41. The van der Waals surface area contributed by atoms with Gasteiger partial charge in [-0.1, -0.05) is 0 Å². The summed E-state index contributed by atoms with van der Waals surface area (Å²) < 4.78 is 1.59. The molecule has 0 spiro atoms. The fraction of sp³-hybridized carbons (Fsp3) is 0. The first kappa shape index (κ1) is 8.78. The van der Waals surface area contributed by atoms with Crippen LogP contribution in [0.3, 0.4) is 0 Å². The molecule has 6 nitrogen and oxygen atoms in total. The number of nitrogens with one attached hydrogen (secondary N) is 1. The third-order valence-electron chi connectivity index (χ3n) is 2.34. The summed E-state index contributed by atoms with van der Waals surface area (Å²) in [6, 6.07) is 8.43. The van der Waals surface area contributed by atoms with Crippen LogP contribution >= 0.6 is 0 Å². The van der Waals surface area contributed by atoms with E-state index >= 15 is 0 Å². The van der Waals surface area contributed by atoms with Gasteiger partial charge in [0.25, 0.3) is 0 Å². The number of benzene rings is 1. The maximum absolute atomic E-state index is 5.71. The molecule has 0 aliphatic rings. The van der Waals surface area contributed by atoms with Crippen LogP contribution in [-0.4, -0.2) is 19.7 Å². The molecule has 2 heterocycles. The van der Waals surface area contributed by atoms with Gasteiger partial charge >= 0.3 is 0 Å². The molecule has 0 fully saturated rings. The highest BCUT2D eigenvalue weighted by atomic mass is 15.3. The fourth-order valence-corrected chi connectivity index (χ4v) is 1.63. The van der Waals surface area contributed by atoms with Crippen LogP contribution in [0.25, 0.3) is 16.7 Å². The Morgan fingerprint density at radius 3 is 2.94 bits per heavy atom. The van der Waals surface area contributed by atoms with Gasteiger partial charge in [-0.25, -0.2) is 9.67 Å². The van der Waals surface area contributed by atoms with E-state index in [1.807, 2.05) is 18.2 Å². The van der Waals surface area contributed by atoms with Crippen LogP contribution in [0, 0.1) is 6.07 Å². The highest BCUT2D eigenvalue weighted by Gasteiger charge is 2.05. The van der Waals surface area contributed by atoms with Crippen LogP contribution in [0.15, 0.2) is 24.4 Å². The van der Waals surface area contributed by atoms with E-state index in [2.05, 4.69) is 21.1 Å². The lowest BCUT2D eigenvalue weighted by molar-refractivity contribution is 0.892. The Bertz CT molecular complexity index is 650. The third-order valence-corrected chi connectivity index (χ3v) is 2.34. The molecule has 2 aromatic heterocycles. The molecular weight excluding hydrogens is 204 g/mol. The van der Waals surface area contributed by atoms with E-state index in [4.69, 9.17) is 11.5 Å². The second-order valence-electron chi connectivity index (χ2n) is 3.41. The average Bonchev–Trinajstić information content (AvgIpc) is 2.81. The van der Waals surface area contributed by atoms with Crippen LogP contribution in [0.4, 0.5) is 11.8 Å². The van der Waals surface area contributed by atoms with Crippen molar-refractivity contribution < 1.29 is 0 Å². The van der Waals surface area contributed by atoms with E-state index in [9.17, 15) is 0 Å². The summed E-state index contributed by atoms with van der Waals surface area (Å²) in [5.41, 5.74) is 13.8. The van der Waals surface area contributed by atoms with Crippen LogP contribution in [-0.2, 0) is 0 Å². The highest BCUT2D eigenvalue weighted by molar-refractivity contribution is 5.79. The summed E-state index contributed by atoms with van der Waals surface area (Å²) in [6.45, 7) is 0. The summed E-state index contributed by atoms with van der Waals surface area (Å²) in [5.74, 6) is 0.856. The maximum atomic E-state index is 5.71. The summed E-state index contributed by atoms with van der Waals surface area (Å²) >= 11 is 0. The fourth-order valence-electron chi connectivity index (χ4n) is 1.63. The number of nitrogens with zero attached hydrogens (tertiary/aromatic N) is 3. The number of imidazole rings is 1. The minimum Gasteiger partial charge on any atom is -0.383 e. The molecule has 3 rings (SSSR count). The van der Waals surface area contributed by atoms with Crippen molar-refractivity contribution in [3.8, 4) is 5.69 Å². The van der Waals surface area contributed by atoms with Crippen molar-refractivity contribution in [3.05, 3.63) is 30.5 Å². The number of hydrogen-bond donors (Lipinski definition) is 3. The van der Waals surface area contributed by atoms with Gasteiger partial charge in [-0.2, -0.15) is 5.10 Å². The van der Waals surface area contributed by atoms with Gasteiger partial charge in [-0.15, -0.1) is 0 Å². The van der Waals surface area contributed by atoms with Gasteiger partial charge in [0.2, 0.25) is 0 Å². The third kappa shape index (κ3) is 1.20. The SMILES string of the molecule is Nc1nc2cc(-n3nc[c]c3N)ccc2[nH]1. The van der Waals surface area contributed by atoms with Crippen molar-refractivity contribution in [2.75, 3.05) is 11.5 Å². The zero-order valence-electron chi connectivity index (χ0n) is 8.31. The first-order valence-corrected chi connectivity index (χ1v) is 4.71. The molecule has 0 atom stereocenters. The molecular formula is C10H9N6. The Hall–Kier alpha value is -2.50. The molecule has 16 heavy (non-hydrogen) atoms. The summed E-state index contributed by atoms with van der Waals surface area (Å²) in [5, 5.41) is 4.07. The van der Waals surface area contributed by atoms with E-state index in [1.165, 1.54) is 6.20 Å². The number of aromatic amines is 1. The molecule has 0 unspecified atom stereocenters. The van der Waals surface area contributed by atoms with Crippen molar-refractivity contribution in [1.82, 2.24) is 19.7 Å². The van der Waals surface area contributed by atoms with Gasteiger partial charge in [-0.05, 0) is 18.2 Å². The van der Waals surface area contributed by atoms with Crippen molar-refractivity contribution >= 4 is 22.8 Å². The first-order valence-electron chi connectivity index (χ1n) is 4.71. The lowest BCUT2D eigenvalue weighted by Crippen LogP contribution is -2.01. The predicted octanol–water partition coefficient (Wildman–Crippen LogP) is 0.713. The van der Waals surface area contributed by atoms with Crippen LogP contribution in [0.1, 0.15) is 0 Å². The molecule has 0 aliphatic heterocycles. The molecule has 0 amide bonds. The van der Waals surface area contributed by atoms with E-state index < -0.39 is 0 Å². The lowest BCUT2D eigenvalue weighted by atomic mass is 10.3. The molecule has 6 heteroatoms. The number of rotatable bonds is 1. The summed E-state index contributed by atoms with van der Waals surface area (Å²) in [7, 11) is 0. The number of fused-ring (bicyclic) bond motifs is 1. The predicted molar refractivity (Wildman–Crippen MR) is 60.9 cm³/mol. The zero-order valence-corrected chi connectivity index (χ0v) is 8.31.